The Labute approximate surface area is 306 Å². The van der Waals surface area contributed by atoms with Crippen LogP contribution in [0, 0.1) is 11.1 Å². The number of amides is 1. The summed E-state index contributed by atoms with van der Waals surface area (Å²) in [6.45, 7) is 2.81. The second kappa shape index (κ2) is 15.7. The lowest BCUT2D eigenvalue weighted by atomic mass is 9.82. The van der Waals surface area contributed by atoms with Crippen molar-refractivity contribution in [3.63, 3.8) is 0 Å². The Balaban J connectivity index is 1.42. The quantitative estimate of drug-likeness (QED) is 0.121. The second-order valence-corrected chi connectivity index (χ2v) is 13.5. The molecule has 13 heteroatoms. The van der Waals surface area contributed by atoms with Gasteiger partial charge in [-0.25, -0.2) is 9.59 Å². The van der Waals surface area contributed by atoms with Crippen LogP contribution in [0.3, 0.4) is 0 Å². The number of pyridine rings is 1. The first-order valence-corrected chi connectivity index (χ1v) is 17.3. The van der Waals surface area contributed by atoms with E-state index >= 15 is 0 Å². The van der Waals surface area contributed by atoms with Gasteiger partial charge in [0.25, 0.3) is 0 Å². The molecule has 4 heterocycles. The topological polar surface area (TPSA) is 125 Å². The van der Waals surface area contributed by atoms with Gasteiger partial charge in [-0.15, -0.1) is 0 Å². The normalized spacial score (nSPS) is 18.5. The predicted molar refractivity (Wildman–Crippen MR) is 193 cm³/mol. The minimum Gasteiger partial charge on any atom is -0.619 e. The van der Waals surface area contributed by atoms with Crippen molar-refractivity contribution in [1.29, 1.82) is 0 Å². The molecule has 0 radical (unpaired) electrons. The van der Waals surface area contributed by atoms with Crippen LogP contribution in [-0.4, -0.2) is 69.1 Å². The molecule has 2 atom stereocenters. The zero-order valence-corrected chi connectivity index (χ0v) is 30.0. The summed E-state index contributed by atoms with van der Waals surface area (Å²) in [5, 5.41) is 22.8. The van der Waals surface area contributed by atoms with Crippen molar-refractivity contribution < 1.29 is 38.4 Å². The highest BCUT2D eigenvalue weighted by Gasteiger charge is 2.37. The van der Waals surface area contributed by atoms with Crippen LogP contribution in [-0.2, 0) is 17.7 Å². The number of ether oxygens (including phenoxy) is 4. The van der Waals surface area contributed by atoms with Crippen molar-refractivity contribution >= 4 is 41.0 Å². The van der Waals surface area contributed by atoms with Crippen LogP contribution in [0.4, 0.5) is 10.5 Å². The molecule has 0 unspecified atom stereocenters. The minimum atomic E-state index is -1.14. The van der Waals surface area contributed by atoms with E-state index in [1.54, 1.807) is 60.5 Å². The third-order valence-corrected chi connectivity index (χ3v) is 10.4. The number of piperidine rings is 3. The Morgan fingerprint density at radius 1 is 0.941 bits per heavy atom. The van der Waals surface area contributed by atoms with Gasteiger partial charge in [-0.05, 0) is 97.4 Å². The average molecular weight is 737 g/mol. The molecule has 1 N–H and O–H groups in total. The molecular weight excluding hydrogens is 697 g/mol. The van der Waals surface area contributed by atoms with Gasteiger partial charge >= 0.3 is 12.1 Å². The fourth-order valence-electron chi connectivity index (χ4n) is 7.04. The molecular formula is C38H39Cl2N3O8. The zero-order chi connectivity index (χ0) is 36.2. The highest BCUT2D eigenvalue weighted by Crippen LogP contribution is 2.39. The standard InChI is InChI=1S/C38H39Cl2N3O8/c1-48-27-8-6-26(7-9-27)43(38(46)51-36-22-41-14-12-24(36)13-15-41)19-23-4-10-28(37(44)45)30(16-23)29(18-31-32(39)20-42(47)21-33(31)40)25-5-11-34(49-2)35(17-25)50-3/h4-11,16-17,20-21,24,29,36H,12-15,18-19,22H2,1-3H3,(H,44,45)/t29-,36+/m1/s1. The summed E-state index contributed by atoms with van der Waals surface area (Å²) in [5.41, 5.74) is 2.89. The van der Waals surface area contributed by atoms with Crippen LogP contribution >= 0.6 is 23.2 Å². The smallest absolute Gasteiger partial charge is 0.414 e. The van der Waals surface area contributed by atoms with Gasteiger partial charge in [0, 0.05) is 23.7 Å². The van der Waals surface area contributed by atoms with Gasteiger partial charge in [-0.3, -0.25) is 9.80 Å². The summed E-state index contributed by atoms with van der Waals surface area (Å²) in [5.74, 6) is 0.105. The van der Waals surface area contributed by atoms with E-state index in [1.807, 2.05) is 6.07 Å². The molecule has 0 spiro atoms. The highest BCUT2D eigenvalue weighted by atomic mass is 35.5. The van der Waals surface area contributed by atoms with Gasteiger partial charge in [0.15, 0.2) is 23.9 Å². The molecule has 3 aliphatic heterocycles. The van der Waals surface area contributed by atoms with E-state index in [2.05, 4.69) is 4.90 Å². The predicted octanol–water partition coefficient (Wildman–Crippen LogP) is 6.96. The van der Waals surface area contributed by atoms with E-state index in [4.69, 9.17) is 42.1 Å². The first-order chi connectivity index (χ1) is 24.6. The zero-order valence-electron chi connectivity index (χ0n) is 28.5. The monoisotopic (exact) mass is 735 g/mol. The number of carboxylic acids is 1. The van der Waals surface area contributed by atoms with E-state index in [0.29, 0.717) is 62.4 Å². The molecule has 51 heavy (non-hydrogen) atoms. The van der Waals surface area contributed by atoms with E-state index in [1.165, 1.54) is 32.7 Å². The third kappa shape index (κ3) is 7.96. The number of carbonyl (C=O) groups excluding carboxylic acids is 1. The molecule has 3 aromatic carbocycles. The Hall–Kier alpha value is -4.71. The van der Waals surface area contributed by atoms with E-state index in [-0.39, 0.29) is 34.7 Å². The van der Waals surface area contributed by atoms with Crippen molar-refractivity contribution in [2.45, 2.75) is 37.8 Å². The molecule has 4 aromatic rings. The molecule has 1 amide bonds. The maximum Gasteiger partial charge on any atom is 0.414 e. The lowest BCUT2D eigenvalue weighted by Crippen LogP contribution is -2.53. The van der Waals surface area contributed by atoms with Gasteiger partial charge < -0.3 is 29.3 Å². The van der Waals surface area contributed by atoms with Crippen LogP contribution in [0.2, 0.25) is 10.0 Å². The van der Waals surface area contributed by atoms with Gasteiger partial charge in [0.1, 0.15) is 21.9 Å². The molecule has 0 aliphatic carbocycles. The molecule has 3 aliphatic rings. The van der Waals surface area contributed by atoms with Crippen LogP contribution in [0.1, 0.15) is 51.4 Å². The molecule has 7 rings (SSSR count). The molecule has 2 bridgehead atoms. The lowest BCUT2D eigenvalue weighted by molar-refractivity contribution is -0.605. The van der Waals surface area contributed by atoms with Gasteiger partial charge in [-0.1, -0.05) is 41.4 Å². The Bertz CT molecular complexity index is 1880. The maximum atomic E-state index is 14.0. The van der Waals surface area contributed by atoms with Crippen molar-refractivity contribution in [3.8, 4) is 17.2 Å². The highest BCUT2D eigenvalue weighted by molar-refractivity contribution is 6.35. The van der Waals surface area contributed by atoms with Crippen LogP contribution in [0.25, 0.3) is 0 Å². The number of anilines is 1. The van der Waals surface area contributed by atoms with Crippen molar-refractivity contribution in [2.75, 3.05) is 45.9 Å². The van der Waals surface area contributed by atoms with Gasteiger partial charge in [-0.2, -0.15) is 4.73 Å². The molecule has 3 fully saturated rings. The Kier molecular flexibility index (Phi) is 11.1. The van der Waals surface area contributed by atoms with Crippen molar-refractivity contribution in [2.24, 2.45) is 5.92 Å². The summed E-state index contributed by atoms with van der Waals surface area (Å²) >= 11 is 13.1. The van der Waals surface area contributed by atoms with Crippen molar-refractivity contribution in [3.05, 3.63) is 116 Å². The first kappa shape index (κ1) is 36.1. The summed E-state index contributed by atoms with van der Waals surface area (Å²) in [6.07, 6.45) is 3.82. The molecule has 3 saturated heterocycles. The molecule has 11 nitrogen and oxygen atoms in total. The maximum absolute atomic E-state index is 14.0. The fourth-order valence-corrected chi connectivity index (χ4v) is 7.64. The molecule has 0 saturated carbocycles. The number of methoxy groups -OCH3 is 3. The number of aromatic carboxylic acids is 1. The number of halogens is 2. The number of carbonyl (C=O) groups is 2. The third-order valence-electron chi connectivity index (χ3n) is 9.79. The minimum absolute atomic E-state index is 0.0476. The number of benzene rings is 3. The number of hydrogen-bond donors (Lipinski definition) is 1. The molecule has 268 valence electrons. The summed E-state index contributed by atoms with van der Waals surface area (Å²) in [6, 6.07) is 17.5. The SMILES string of the molecule is COc1ccc(N(Cc2ccc(C(=O)O)c([C@H](Cc3c(Cl)c[n+]([O-])cc3Cl)c3ccc(OC)c(OC)c3)c2)C(=O)O[C@H]2CN3CCC2CC3)cc1. The Morgan fingerprint density at radius 3 is 2.22 bits per heavy atom. The van der Waals surface area contributed by atoms with Crippen molar-refractivity contribution in [1.82, 2.24) is 4.90 Å². The number of nitrogens with zero attached hydrogens (tertiary/aromatic N) is 3. The number of fused-ring (bicyclic) bond motifs is 3. The van der Waals surface area contributed by atoms with E-state index < -0.39 is 18.0 Å². The number of rotatable bonds is 12. The summed E-state index contributed by atoms with van der Waals surface area (Å²) in [7, 11) is 4.61. The summed E-state index contributed by atoms with van der Waals surface area (Å²) < 4.78 is 23.1. The summed E-state index contributed by atoms with van der Waals surface area (Å²) in [4.78, 5) is 30.7. The first-order valence-electron chi connectivity index (χ1n) is 16.6. The van der Waals surface area contributed by atoms with Gasteiger partial charge in [0.2, 0.25) is 0 Å². The van der Waals surface area contributed by atoms with Crippen LogP contribution in [0.15, 0.2) is 73.1 Å². The number of aromatic nitrogens is 1. The van der Waals surface area contributed by atoms with E-state index in [0.717, 1.165) is 25.9 Å². The molecule has 1 aromatic heterocycles. The Morgan fingerprint density at radius 2 is 1.63 bits per heavy atom. The van der Waals surface area contributed by atoms with Crippen LogP contribution in [0.5, 0.6) is 17.2 Å². The second-order valence-electron chi connectivity index (χ2n) is 12.7. The number of hydrogen-bond acceptors (Lipinski definition) is 8. The average Bonchev–Trinajstić information content (AvgIpc) is 3.13. The van der Waals surface area contributed by atoms with E-state index in [9.17, 15) is 19.9 Å². The fraction of sp³-hybridized carbons (Fsp3) is 0.342. The lowest BCUT2D eigenvalue weighted by Gasteiger charge is -2.44. The largest absolute Gasteiger partial charge is 0.619 e. The number of carboxylic acid groups (broad SMARTS) is 1. The van der Waals surface area contributed by atoms with Gasteiger partial charge in [0.05, 0.1) is 33.4 Å². The van der Waals surface area contributed by atoms with Crippen LogP contribution < -0.4 is 23.8 Å².